The first-order valence-corrected chi connectivity index (χ1v) is 6.08. The molecular weight excluding hydrogens is 242 g/mol. The van der Waals surface area contributed by atoms with E-state index in [0.29, 0.717) is 12.4 Å². The van der Waals surface area contributed by atoms with Crippen LogP contribution in [0.1, 0.15) is 12.5 Å². The Bertz CT molecular complexity index is 650. The molecule has 1 aromatic heterocycles. The van der Waals surface area contributed by atoms with Gasteiger partial charge in [-0.15, -0.1) is 0 Å². The van der Waals surface area contributed by atoms with Gasteiger partial charge in [0.2, 0.25) is 5.95 Å². The van der Waals surface area contributed by atoms with Crippen LogP contribution in [0.15, 0.2) is 29.1 Å². The van der Waals surface area contributed by atoms with Crippen LogP contribution in [0, 0.1) is 6.92 Å². The molecule has 0 saturated heterocycles. The molecule has 2 N–H and O–H groups in total. The normalized spacial score (nSPS) is 10.5. The van der Waals surface area contributed by atoms with Crippen molar-refractivity contribution in [3.63, 3.8) is 0 Å². The summed E-state index contributed by atoms with van der Waals surface area (Å²) in [6.07, 6.45) is 0. The quantitative estimate of drug-likeness (QED) is 0.653. The maximum atomic E-state index is 11.9. The van der Waals surface area contributed by atoms with Crippen molar-refractivity contribution in [3.05, 3.63) is 40.3 Å². The van der Waals surface area contributed by atoms with Gasteiger partial charge in [0.1, 0.15) is 5.82 Å². The second-order valence-corrected chi connectivity index (χ2v) is 4.29. The monoisotopic (exact) mass is 259 g/mol. The fraction of sp³-hybridized carbons (Fsp3) is 0.308. The summed E-state index contributed by atoms with van der Waals surface area (Å²) in [5, 5.41) is 1.35. The number of hydrazine groups is 1. The maximum Gasteiger partial charge on any atom is 0.352 e. The molecule has 19 heavy (non-hydrogen) atoms. The van der Waals surface area contributed by atoms with E-state index in [-0.39, 0.29) is 11.6 Å². The van der Waals surface area contributed by atoms with E-state index >= 15 is 0 Å². The lowest BCUT2D eigenvalue weighted by Gasteiger charge is -2.16. The minimum absolute atomic E-state index is 0.240. The van der Waals surface area contributed by atoms with Gasteiger partial charge in [-0.2, -0.15) is 9.97 Å². The number of benzene rings is 1. The van der Waals surface area contributed by atoms with Gasteiger partial charge in [-0.1, -0.05) is 24.3 Å². The van der Waals surface area contributed by atoms with Crippen LogP contribution in [0.5, 0.6) is 0 Å². The van der Waals surface area contributed by atoms with Gasteiger partial charge < -0.3 is 0 Å². The molecular formula is C13H17N5O. The number of hydrogen-bond donors (Lipinski definition) is 1. The van der Waals surface area contributed by atoms with E-state index in [1.54, 1.807) is 7.05 Å². The van der Waals surface area contributed by atoms with Crippen molar-refractivity contribution in [1.29, 1.82) is 0 Å². The summed E-state index contributed by atoms with van der Waals surface area (Å²) in [5.74, 6) is 6.56. The average Bonchev–Trinajstić information content (AvgIpc) is 2.41. The summed E-state index contributed by atoms with van der Waals surface area (Å²) in [5.41, 5.74) is 1.57. The number of hydrogen-bond acceptors (Lipinski definition) is 5. The highest BCUT2D eigenvalue weighted by atomic mass is 16.1. The molecule has 0 saturated carbocycles. The minimum Gasteiger partial charge on any atom is -0.279 e. The molecule has 1 aromatic carbocycles. The van der Waals surface area contributed by atoms with Crippen LogP contribution >= 0.6 is 0 Å². The molecule has 0 aliphatic carbocycles. The molecule has 0 aliphatic rings. The summed E-state index contributed by atoms with van der Waals surface area (Å²) in [4.78, 5) is 20.1. The van der Waals surface area contributed by atoms with E-state index in [1.807, 2.05) is 38.1 Å². The molecule has 0 atom stereocenters. The summed E-state index contributed by atoms with van der Waals surface area (Å²) >= 11 is 0. The van der Waals surface area contributed by atoms with Crippen molar-refractivity contribution in [1.82, 2.24) is 14.5 Å². The number of aryl methyl sites for hydroxylation is 1. The third kappa shape index (κ3) is 2.48. The van der Waals surface area contributed by atoms with Crippen LogP contribution in [0.3, 0.4) is 0 Å². The summed E-state index contributed by atoms with van der Waals surface area (Å²) in [6.45, 7) is 4.37. The second kappa shape index (κ2) is 5.19. The Labute approximate surface area is 111 Å². The zero-order valence-corrected chi connectivity index (χ0v) is 11.3. The first-order chi connectivity index (χ1) is 9.04. The molecule has 0 radical (unpaired) electrons. The molecule has 2 aromatic rings. The van der Waals surface area contributed by atoms with E-state index < -0.39 is 0 Å². The fourth-order valence-electron chi connectivity index (χ4n) is 1.78. The molecule has 0 unspecified atom stereocenters. The van der Waals surface area contributed by atoms with Crippen molar-refractivity contribution in [2.24, 2.45) is 12.9 Å². The Kier molecular flexibility index (Phi) is 3.62. The van der Waals surface area contributed by atoms with E-state index in [4.69, 9.17) is 5.84 Å². The van der Waals surface area contributed by atoms with Crippen LogP contribution in [0.2, 0.25) is 0 Å². The molecule has 2 rings (SSSR count). The summed E-state index contributed by atoms with van der Waals surface area (Å²) in [7, 11) is 1.65. The molecule has 0 aliphatic heterocycles. The van der Waals surface area contributed by atoms with Crippen LogP contribution in [0.4, 0.5) is 5.95 Å². The zero-order chi connectivity index (χ0) is 14.0. The largest absolute Gasteiger partial charge is 0.352 e. The lowest BCUT2D eigenvalue weighted by molar-refractivity contribution is 0.747. The molecule has 0 fully saturated rings. The molecule has 6 nitrogen and oxygen atoms in total. The van der Waals surface area contributed by atoms with Crippen molar-refractivity contribution in [2.45, 2.75) is 13.8 Å². The molecule has 0 bridgehead atoms. The lowest BCUT2D eigenvalue weighted by atomic mass is 10.1. The number of nitrogens with two attached hydrogens (primary N) is 1. The standard InChI is InChI=1S/C13H17N5O/c1-4-18(14)12-15-11(17(3)13(19)16-12)10-8-6-5-7-9(10)2/h5-8H,4,14H2,1-3H3. The van der Waals surface area contributed by atoms with Crippen molar-refractivity contribution in [2.75, 3.05) is 11.6 Å². The average molecular weight is 259 g/mol. The third-order valence-electron chi connectivity index (χ3n) is 2.99. The highest BCUT2D eigenvalue weighted by Gasteiger charge is 2.13. The van der Waals surface area contributed by atoms with Gasteiger partial charge in [0, 0.05) is 19.2 Å². The highest BCUT2D eigenvalue weighted by Crippen LogP contribution is 2.20. The minimum atomic E-state index is -0.368. The maximum absolute atomic E-state index is 11.9. The number of nitrogens with zero attached hydrogens (tertiary/aromatic N) is 4. The van der Waals surface area contributed by atoms with Gasteiger partial charge in [0.15, 0.2) is 0 Å². The van der Waals surface area contributed by atoms with E-state index in [9.17, 15) is 4.79 Å². The van der Waals surface area contributed by atoms with E-state index in [2.05, 4.69) is 9.97 Å². The lowest BCUT2D eigenvalue weighted by Crippen LogP contribution is -2.36. The van der Waals surface area contributed by atoms with E-state index in [0.717, 1.165) is 11.1 Å². The first kappa shape index (κ1) is 13.2. The van der Waals surface area contributed by atoms with E-state index in [1.165, 1.54) is 9.58 Å². The predicted molar refractivity (Wildman–Crippen MR) is 74.7 cm³/mol. The highest BCUT2D eigenvalue weighted by molar-refractivity contribution is 5.60. The topological polar surface area (TPSA) is 77.0 Å². The van der Waals surface area contributed by atoms with Gasteiger partial charge >= 0.3 is 5.69 Å². The van der Waals surface area contributed by atoms with Crippen LogP contribution in [0.25, 0.3) is 11.4 Å². The van der Waals surface area contributed by atoms with Crippen molar-refractivity contribution < 1.29 is 0 Å². The number of anilines is 1. The smallest absolute Gasteiger partial charge is 0.279 e. The molecule has 0 amide bonds. The molecule has 1 heterocycles. The SMILES string of the molecule is CCN(N)c1nc(-c2ccccc2C)n(C)c(=O)n1. The Morgan fingerprint density at radius 1 is 1.32 bits per heavy atom. The van der Waals surface area contributed by atoms with Gasteiger partial charge in [0.05, 0.1) is 0 Å². The van der Waals surface area contributed by atoms with Gasteiger partial charge in [-0.05, 0) is 19.4 Å². The van der Waals surface area contributed by atoms with Crippen LogP contribution < -0.4 is 16.5 Å². The Hall–Kier alpha value is -2.21. The number of aromatic nitrogens is 3. The predicted octanol–water partition coefficient (Wildman–Crippen LogP) is 0.851. The van der Waals surface area contributed by atoms with Gasteiger partial charge in [-0.3, -0.25) is 9.58 Å². The van der Waals surface area contributed by atoms with Crippen molar-refractivity contribution in [3.8, 4) is 11.4 Å². The zero-order valence-electron chi connectivity index (χ0n) is 11.3. The molecule has 100 valence electrons. The third-order valence-corrected chi connectivity index (χ3v) is 2.99. The second-order valence-electron chi connectivity index (χ2n) is 4.29. The summed E-state index contributed by atoms with van der Waals surface area (Å²) in [6, 6.07) is 7.75. The van der Waals surface area contributed by atoms with Crippen LogP contribution in [-0.4, -0.2) is 21.1 Å². The van der Waals surface area contributed by atoms with Gasteiger partial charge in [0.25, 0.3) is 0 Å². The Balaban J connectivity index is 2.67. The molecule has 0 spiro atoms. The molecule has 6 heteroatoms. The van der Waals surface area contributed by atoms with Gasteiger partial charge in [-0.25, -0.2) is 10.6 Å². The van der Waals surface area contributed by atoms with Crippen LogP contribution in [-0.2, 0) is 7.05 Å². The first-order valence-electron chi connectivity index (χ1n) is 6.08. The fourth-order valence-corrected chi connectivity index (χ4v) is 1.78. The van der Waals surface area contributed by atoms with Crippen molar-refractivity contribution >= 4 is 5.95 Å². The Morgan fingerprint density at radius 3 is 2.63 bits per heavy atom. The summed E-state index contributed by atoms with van der Waals surface area (Å²) < 4.78 is 1.43. The number of rotatable bonds is 3. The Morgan fingerprint density at radius 2 is 2.00 bits per heavy atom.